The number of amides is 2. The number of thiocarbonyl (C=S) groups is 1. The van der Waals surface area contributed by atoms with Gasteiger partial charge in [0.25, 0.3) is 11.8 Å². The summed E-state index contributed by atoms with van der Waals surface area (Å²) in [6, 6.07) is 14.4. The average Bonchev–Trinajstić information content (AvgIpc) is 2.80. The molecule has 1 aliphatic carbocycles. The van der Waals surface area contributed by atoms with E-state index in [0.29, 0.717) is 35.1 Å². The molecule has 1 fully saturated rings. The van der Waals surface area contributed by atoms with Gasteiger partial charge in [-0.3, -0.25) is 14.9 Å². The van der Waals surface area contributed by atoms with Crippen molar-refractivity contribution >= 4 is 34.8 Å². The van der Waals surface area contributed by atoms with Crippen molar-refractivity contribution in [3.8, 4) is 5.75 Å². The molecule has 0 unspecified atom stereocenters. The summed E-state index contributed by atoms with van der Waals surface area (Å²) in [5.74, 6) is 0.842. The van der Waals surface area contributed by atoms with E-state index in [1.54, 1.807) is 42.5 Å². The van der Waals surface area contributed by atoms with E-state index >= 15 is 0 Å². The van der Waals surface area contributed by atoms with E-state index in [4.69, 9.17) is 17.0 Å². The molecule has 0 bridgehead atoms. The topological polar surface area (TPSA) is 79.5 Å². The second-order valence-electron chi connectivity index (χ2n) is 8.85. The maximum absolute atomic E-state index is 12.6. The smallest absolute Gasteiger partial charge is 0.257 e. The molecule has 3 N–H and O–H groups in total. The van der Waals surface area contributed by atoms with Crippen LogP contribution in [0, 0.1) is 5.92 Å². The van der Waals surface area contributed by atoms with Gasteiger partial charge in [0.1, 0.15) is 5.75 Å². The standard InChI is InChI=1S/C26H33N3O3S/c1-18(2)15-16-32-23-10-6-7-20(17-23)25(31)29-26(33)28-22-13-11-19(12-14-22)24(30)27-21-8-4-3-5-9-21/h6-7,10-14,17-18,21H,3-5,8-9,15-16H2,1-2H3,(H,27,30)(H2,28,29,31,33). The largest absolute Gasteiger partial charge is 0.494 e. The first-order chi connectivity index (χ1) is 15.9. The minimum Gasteiger partial charge on any atom is -0.494 e. The number of hydrogen-bond donors (Lipinski definition) is 3. The first kappa shape index (κ1) is 24.7. The third kappa shape index (κ3) is 8.17. The van der Waals surface area contributed by atoms with Crippen molar-refractivity contribution in [3.05, 3.63) is 59.7 Å². The molecule has 2 aromatic rings. The molecule has 0 atom stereocenters. The molecule has 3 rings (SSSR count). The van der Waals surface area contributed by atoms with E-state index in [1.807, 2.05) is 6.07 Å². The number of hydrogen-bond acceptors (Lipinski definition) is 4. The molecule has 33 heavy (non-hydrogen) atoms. The van der Waals surface area contributed by atoms with Gasteiger partial charge in [0.15, 0.2) is 5.11 Å². The Balaban J connectivity index is 1.49. The van der Waals surface area contributed by atoms with E-state index in [9.17, 15) is 9.59 Å². The molecule has 7 heteroatoms. The lowest BCUT2D eigenvalue weighted by atomic mass is 9.95. The summed E-state index contributed by atoms with van der Waals surface area (Å²) in [6.45, 7) is 4.89. The van der Waals surface area contributed by atoms with E-state index < -0.39 is 0 Å². The predicted molar refractivity (Wildman–Crippen MR) is 136 cm³/mol. The molecular weight excluding hydrogens is 434 g/mol. The van der Waals surface area contributed by atoms with Crippen LogP contribution >= 0.6 is 12.2 Å². The van der Waals surface area contributed by atoms with Crippen molar-refractivity contribution in [1.29, 1.82) is 0 Å². The lowest BCUT2D eigenvalue weighted by molar-refractivity contribution is 0.0926. The second kappa shape index (κ2) is 12.3. The van der Waals surface area contributed by atoms with Gasteiger partial charge in [-0.2, -0.15) is 0 Å². The maximum Gasteiger partial charge on any atom is 0.257 e. The Morgan fingerprint density at radius 3 is 2.42 bits per heavy atom. The lowest BCUT2D eigenvalue weighted by Crippen LogP contribution is -2.36. The third-order valence-corrected chi connectivity index (χ3v) is 5.84. The highest BCUT2D eigenvalue weighted by molar-refractivity contribution is 7.80. The van der Waals surface area contributed by atoms with Gasteiger partial charge in [-0.15, -0.1) is 0 Å². The monoisotopic (exact) mass is 467 g/mol. The summed E-state index contributed by atoms with van der Waals surface area (Å²) < 4.78 is 5.73. The van der Waals surface area contributed by atoms with Crippen LogP contribution in [-0.4, -0.2) is 29.6 Å². The van der Waals surface area contributed by atoms with Crippen LogP contribution in [0.2, 0.25) is 0 Å². The third-order valence-electron chi connectivity index (χ3n) is 5.63. The highest BCUT2D eigenvalue weighted by Crippen LogP contribution is 2.18. The number of nitrogens with one attached hydrogen (secondary N) is 3. The zero-order chi connectivity index (χ0) is 23.6. The van der Waals surface area contributed by atoms with Crippen LogP contribution in [-0.2, 0) is 0 Å². The van der Waals surface area contributed by atoms with Gasteiger partial charge in [-0.05, 0) is 79.9 Å². The van der Waals surface area contributed by atoms with Crippen molar-refractivity contribution in [2.45, 2.75) is 58.4 Å². The van der Waals surface area contributed by atoms with Crippen molar-refractivity contribution in [2.75, 3.05) is 11.9 Å². The molecule has 0 saturated heterocycles. The van der Waals surface area contributed by atoms with Gasteiger partial charge in [0, 0.05) is 22.9 Å². The van der Waals surface area contributed by atoms with Gasteiger partial charge in [0.05, 0.1) is 6.61 Å². The van der Waals surface area contributed by atoms with Crippen LogP contribution < -0.4 is 20.7 Å². The molecular formula is C26H33N3O3S. The number of carbonyl (C=O) groups is 2. The molecule has 176 valence electrons. The molecule has 1 saturated carbocycles. The summed E-state index contributed by atoms with van der Waals surface area (Å²) in [4.78, 5) is 25.0. The Hall–Kier alpha value is -2.93. The zero-order valence-electron chi connectivity index (χ0n) is 19.4. The summed E-state index contributed by atoms with van der Waals surface area (Å²) in [5.41, 5.74) is 1.77. The number of benzene rings is 2. The Morgan fingerprint density at radius 2 is 1.73 bits per heavy atom. The lowest BCUT2D eigenvalue weighted by Gasteiger charge is -2.22. The molecule has 2 amide bonds. The van der Waals surface area contributed by atoms with Gasteiger partial charge < -0.3 is 15.4 Å². The number of carbonyl (C=O) groups excluding carboxylic acids is 2. The summed E-state index contributed by atoms with van der Waals surface area (Å²) >= 11 is 5.28. The quantitative estimate of drug-likeness (QED) is 0.459. The molecule has 0 aliphatic heterocycles. The van der Waals surface area contributed by atoms with Crippen LogP contribution in [0.25, 0.3) is 0 Å². The summed E-state index contributed by atoms with van der Waals surface area (Å²) in [7, 11) is 0. The molecule has 0 radical (unpaired) electrons. The highest BCUT2D eigenvalue weighted by atomic mass is 32.1. The first-order valence-electron chi connectivity index (χ1n) is 11.7. The predicted octanol–water partition coefficient (Wildman–Crippen LogP) is 5.30. The number of anilines is 1. The van der Waals surface area contributed by atoms with Crippen LogP contribution in [0.5, 0.6) is 5.75 Å². The normalized spacial score (nSPS) is 13.9. The zero-order valence-corrected chi connectivity index (χ0v) is 20.2. The van der Waals surface area contributed by atoms with Gasteiger partial charge in [-0.1, -0.05) is 39.2 Å². The molecule has 0 aromatic heterocycles. The van der Waals surface area contributed by atoms with E-state index in [-0.39, 0.29) is 23.0 Å². The molecule has 0 heterocycles. The van der Waals surface area contributed by atoms with Gasteiger partial charge in [0.2, 0.25) is 0 Å². The fraction of sp³-hybridized carbons (Fsp3) is 0.423. The van der Waals surface area contributed by atoms with Gasteiger partial charge >= 0.3 is 0 Å². The maximum atomic E-state index is 12.6. The summed E-state index contributed by atoms with van der Waals surface area (Å²) in [6.07, 6.45) is 6.64. The van der Waals surface area contributed by atoms with E-state index in [1.165, 1.54) is 19.3 Å². The van der Waals surface area contributed by atoms with Crippen LogP contribution in [0.4, 0.5) is 5.69 Å². The van der Waals surface area contributed by atoms with Crippen molar-refractivity contribution < 1.29 is 14.3 Å². The Labute approximate surface area is 201 Å². The second-order valence-corrected chi connectivity index (χ2v) is 9.26. The minimum atomic E-state index is -0.315. The Morgan fingerprint density at radius 1 is 1.00 bits per heavy atom. The SMILES string of the molecule is CC(C)CCOc1cccc(C(=O)NC(=S)Nc2ccc(C(=O)NC3CCCCC3)cc2)c1. The summed E-state index contributed by atoms with van der Waals surface area (Å²) in [5, 5.41) is 8.97. The Bertz CT molecular complexity index is 954. The average molecular weight is 468 g/mol. The van der Waals surface area contributed by atoms with Gasteiger partial charge in [-0.25, -0.2) is 0 Å². The van der Waals surface area contributed by atoms with E-state index in [2.05, 4.69) is 29.8 Å². The van der Waals surface area contributed by atoms with Crippen LogP contribution in [0.15, 0.2) is 48.5 Å². The highest BCUT2D eigenvalue weighted by Gasteiger charge is 2.16. The molecule has 0 spiro atoms. The molecule has 6 nitrogen and oxygen atoms in total. The molecule has 2 aromatic carbocycles. The van der Waals surface area contributed by atoms with Crippen molar-refractivity contribution in [3.63, 3.8) is 0 Å². The Kier molecular flexibility index (Phi) is 9.24. The first-order valence-corrected chi connectivity index (χ1v) is 12.1. The fourth-order valence-corrected chi connectivity index (χ4v) is 3.91. The van der Waals surface area contributed by atoms with E-state index in [0.717, 1.165) is 19.3 Å². The van der Waals surface area contributed by atoms with Crippen LogP contribution in [0.1, 0.15) is 73.1 Å². The fourth-order valence-electron chi connectivity index (χ4n) is 3.70. The van der Waals surface area contributed by atoms with Crippen molar-refractivity contribution in [1.82, 2.24) is 10.6 Å². The minimum absolute atomic E-state index is 0.0557. The molecule has 1 aliphatic rings. The number of rotatable bonds is 8. The van der Waals surface area contributed by atoms with Crippen LogP contribution in [0.3, 0.4) is 0 Å². The number of ether oxygens (including phenoxy) is 1. The van der Waals surface area contributed by atoms with Crippen molar-refractivity contribution in [2.24, 2.45) is 5.92 Å².